The summed E-state index contributed by atoms with van der Waals surface area (Å²) in [6, 6.07) is 7.61. The fourth-order valence-corrected chi connectivity index (χ4v) is 4.04. The second-order valence-corrected chi connectivity index (χ2v) is 7.32. The number of piperidine rings is 1. The van der Waals surface area contributed by atoms with Gasteiger partial charge in [-0.1, -0.05) is 23.9 Å². The minimum absolute atomic E-state index is 0.345. The Hall–Kier alpha value is -1.73. The molecule has 4 rings (SSSR count). The van der Waals surface area contributed by atoms with Gasteiger partial charge in [-0.05, 0) is 44.5 Å². The first kappa shape index (κ1) is 15.8. The molecule has 0 saturated carbocycles. The molecular weight excluding hydrogens is 326 g/mol. The Morgan fingerprint density at radius 2 is 2.12 bits per heavy atom. The van der Waals surface area contributed by atoms with Gasteiger partial charge in [0.25, 0.3) is 11.1 Å². The Balaban J connectivity index is 1.35. The topological polar surface area (TPSA) is 60.6 Å². The van der Waals surface area contributed by atoms with Crippen molar-refractivity contribution in [2.75, 3.05) is 32.5 Å². The summed E-state index contributed by atoms with van der Waals surface area (Å²) >= 11 is 1.64. The fraction of sp³-hybridized carbons (Fsp3) is 0.529. The quantitative estimate of drug-likeness (QED) is 0.788. The monoisotopic (exact) mass is 347 g/mol. The first-order valence-corrected chi connectivity index (χ1v) is 9.30. The molecule has 1 fully saturated rings. The molecule has 0 radical (unpaired) electrons. The van der Waals surface area contributed by atoms with Crippen LogP contribution in [0.2, 0.25) is 0 Å². The zero-order valence-electron chi connectivity index (χ0n) is 13.7. The van der Waals surface area contributed by atoms with Gasteiger partial charge in [-0.2, -0.15) is 0 Å². The van der Waals surface area contributed by atoms with Crippen LogP contribution >= 0.6 is 11.8 Å². The zero-order valence-corrected chi connectivity index (χ0v) is 14.5. The summed E-state index contributed by atoms with van der Waals surface area (Å²) in [4.78, 5) is 2.39. The van der Waals surface area contributed by atoms with Crippen molar-refractivity contribution in [2.24, 2.45) is 5.92 Å². The Morgan fingerprint density at radius 3 is 3.00 bits per heavy atom. The maximum Gasteiger partial charge on any atom is 0.276 e. The molecule has 0 N–H and O–H groups in total. The van der Waals surface area contributed by atoms with E-state index in [0.717, 1.165) is 18.0 Å². The molecule has 0 unspecified atom stereocenters. The second kappa shape index (κ2) is 7.03. The lowest BCUT2D eigenvalue weighted by atomic mass is 10.0. The van der Waals surface area contributed by atoms with Crippen molar-refractivity contribution in [3.8, 4) is 11.5 Å². The SMILES string of the molecule is CN1CCC[C@H](CSc2nnc([C@H]3COc4ccccc4O3)o2)C1. The number of hydrogen-bond donors (Lipinski definition) is 0. The normalized spacial score (nSPS) is 24.0. The number of ether oxygens (including phenoxy) is 2. The van der Waals surface area contributed by atoms with Gasteiger partial charge >= 0.3 is 0 Å². The molecule has 0 aliphatic carbocycles. The molecule has 1 aromatic heterocycles. The second-order valence-electron chi connectivity index (χ2n) is 6.35. The molecule has 7 heteroatoms. The van der Waals surface area contributed by atoms with E-state index < -0.39 is 0 Å². The summed E-state index contributed by atoms with van der Waals surface area (Å²) in [7, 11) is 2.18. The first-order valence-electron chi connectivity index (χ1n) is 8.31. The number of benzene rings is 1. The van der Waals surface area contributed by atoms with E-state index in [1.54, 1.807) is 11.8 Å². The van der Waals surface area contributed by atoms with E-state index in [1.807, 2.05) is 24.3 Å². The van der Waals surface area contributed by atoms with Crippen molar-refractivity contribution in [3.05, 3.63) is 30.2 Å². The third-order valence-electron chi connectivity index (χ3n) is 4.37. The predicted molar refractivity (Wildman–Crippen MR) is 90.5 cm³/mol. The maximum atomic E-state index is 5.90. The third-order valence-corrected chi connectivity index (χ3v) is 5.42. The number of nitrogens with zero attached hydrogens (tertiary/aromatic N) is 3. The lowest BCUT2D eigenvalue weighted by molar-refractivity contribution is 0.0686. The molecule has 3 heterocycles. The summed E-state index contributed by atoms with van der Waals surface area (Å²) in [5.74, 6) is 3.64. The average Bonchev–Trinajstić information content (AvgIpc) is 3.09. The Morgan fingerprint density at radius 1 is 1.25 bits per heavy atom. The van der Waals surface area contributed by atoms with Crippen molar-refractivity contribution >= 4 is 11.8 Å². The van der Waals surface area contributed by atoms with Crippen molar-refractivity contribution in [1.82, 2.24) is 15.1 Å². The highest BCUT2D eigenvalue weighted by Gasteiger charge is 2.27. The van der Waals surface area contributed by atoms with Crippen LogP contribution in [-0.4, -0.2) is 47.6 Å². The van der Waals surface area contributed by atoms with Gasteiger partial charge in [0.1, 0.15) is 6.61 Å². The van der Waals surface area contributed by atoms with Crippen LogP contribution in [0.1, 0.15) is 24.8 Å². The fourth-order valence-electron chi connectivity index (χ4n) is 3.15. The lowest BCUT2D eigenvalue weighted by Gasteiger charge is -2.28. The van der Waals surface area contributed by atoms with Crippen LogP contribution < -0.4 is 9.47 Å². The number of rotatable bonds is 4. The van der Waals surface area contributed by atoms with E-state index in [0.29, 0.717) is 29.4 Å². The minimum atomic E-state index is -0.345. The summed E-state index contributed by atoms with van der Waals surface area (Å²) in [5, 5.41) is 8.90. The average molecular weight is 347 g/mol. The van der Waals surface area contributed by atoms with Crippen LogP contribution in [0, 0.1) is 5.92 Å². The maximum absolute atomic E-state index is 5.90. The van der Waals surface area contributed by atoms with Crippen LogP contribution in [0.15, 0.2) is 33.9 Å². The highest BCUT2D eigenvalue weighted by atomic mass is 32.2. The molecule has 2 atom stereocenters. The van der Waals surface area contributed by atoms with E-state index in [9.17, 15) is 0 Å². The number of thioether (sulfide) groups is 1. The number of likely N-dealkylation sites (tertiary alicyclic amines) is 1. The van der Waals surface area contributed by atoms with Crippen molar-refractivity contribution in [3.63, 3.8) is 0 Å². The molecular formula is C17H21N3O3S. The minimum Gasteiger partial charge on any atom is -0.485 e. The standard InChI is InChI=1S/C17H21N3O3S/c1-20-8-4-5-12(9-20)11-24-17-19-18-16(23-17)15-10-21-13-6-2-3-7-14(13)22-15/h2-3,6-7,12,15H,4-5,8-11H2,1H3/t12-,15+/m0/s1. The number of aromatic nitrogens is 2. The lowest BCUT2D eigenvalue weighted by Crippen LogP contribution is -2.33. The van der Waals surface area contributed by atoms with Crippen LogP contribution in [0.3, 0.4) is 0 Å². The molecule has 2 aliphatic rings. The molecule has 1 aromatic carbocycles. The van der Waals surface area contributed by atoms with Crippen molar-refractivity contribution in [2.45, 2.75) is 24.2 Å². The molecule has 128 valence electrons. The molecule has 24 heavy (non-hydrogen) atoms. The summed E-state index contributed by atoms with van der Waals surface area (Å²) in [6.07, 6.45) is 2.19. The van der Waals surface area contributed by atoms with Gasteiger partial charge in [-0.3, -0.25) is 0 Å². The van der Waals surface area contributed by atoms with Gasteiger partial charge in [-0.15, -0.1) is 10.2 Å². The largest absolute Gasteiger partial charge is 0.485 e. The van der Waals surface area contributed by atoms with Crippen molar-refractivity contribution in [1.29, 1.82) is 0 Å². The molecule has 1 saturated heterocycles. The van der Waals surface area contributed by atoms with E-state index in [-0.39, 0.29) is 6.10 Å². The van der Waals surface area contributed by atoms with E-state index in [4.69, 9.17) is 13.9 Å². The Bertz CT molecular complexity index is 693. The Kier molecular flexibility index (Phi) is 4.62. The number of para-hydroxylation sites is 2. The van der Waals surface area contributed by atoms with Crippen LogP contribution in [-0.2, 0) is 0 Å². The van der Waals surface area contributed by atoms with Crippen LogP contribution in [0.4, 0.5) is 0 Å². The van der Waals surface area contributed by atoms with Gasteiger partial charge in [0.2, 0.25) is 6.10 Å². The molecule has 0 bridgehead atoms. The van der Waals surface area contributed by atoms with E-state index in [2.05, 4.69) is 22.1 Å². The molecule has 0 spiro atoms. The highest BCUT2D eigenvalue weighted by Crippen LogP contribution is 2.36. The molecule has 0 amide bonds. The smallest absolute Gasteiger partial charge is 0.276 e. The first-order chi connectivity index (χ1) is 11.8. The third kappa shape index (κ3) is 3.52. The van der Waals surface area contributed by atoms with Gasteiger partial charge < -0.3 is 18.8 Å². The zero-order chi connectivity index (χ0) is 16.4. The van der Waals surface area contributed by atoms with Gasteiger partial charge in [0, 0.05) is 12.3 Å². The van der Waals surface area contributed by atoms with E-state index in [1.165, 1.54) is 19.4 Å². The van der Waals surface area contributed by atoms with Crippen molar-refractivity contribution < 1.29 is 13.9 Å². The summed E-state index contributed by atoms with van der Waals surface area (Å²) in [6.45, 7) is 2.73. The number of hydrogen-bond acceptors (Lipinski definition) is 7. The molecule has 6 nitrogen and oxygen atoms in total. The van der Waals surface area contributed by atoms with Gasteiger partial charge in [-0.25, -0.2) is 0 Å². The van der Waals surface area contributed by atoms with Crippen LogP contribution in [0.5, 0.6) is 11.5 Å². The molecule has 2 aliphatic heterocycles. The van der Waals surface area contributed by atoms with Gasteiger partial charge in [0.05, 0.1) is 0 Å². The summed E-state index contributed by atoms with van der Waals surface area (Å²) < 4.78 is 17.4. The van der Waals surface area contributed by atoms with Gasteiger partial charge in [0.15, 0.2) is 11.5 Å². The highest BCUT2D eigenvalue weighted by molar-refractivity contribution is 7.99. The van der Waals surface area contributed by atoms with E-state index >= 15 is 0 Å². The summed E-state index contributed by atoms with van der Waals surface area (Å²) in [5.41, 5.74) is 0. The molecule has 2 aromatic rings. The number of fused-ring (bicyclic) bond motifs is 1. The predicted octanol–water partition coefficient (Wildman–Crippen LogP) is 3.02. The van der Waals surface area contributed by atoms with Crippen LogP contribution in [0.25, 0.3) is 0 Å². The Labute approximate surface area is 145 Å².